The number of rotatable bonds is 4. The number of carbonyl (C=O) groups is 1. The maximum Gasteiger partial charge on any atom is 0.341 e. The van der Waals surface area contributed by atoms with Crippen LogP contribution in [0.3, 0.4) is 0 Å². The average molecular weight is 355 g/mol. The summed E-state index contributed by atoms with van der Waals surface area (Å²) in [6.07, 6.45) is 3.17. The predicted molar refractivity (Wildman–Crippen MR) is 96.9 cm³/mol. The number of carbonyl (C=O) groups excluding carboxylic acids is 1. The Hall–Kier alpha value is -2.93. The number of para-hydroxylation sites is 1. The number of aliphatic hydroxyl groups is 1. The summed E-state index contributed by atoms with van der Waals surface area (Å²) in [5.74, 6) is -0.590. The van der Waals surface area contributed by atoms with Crippen molar-refractivity contribution in [1.82, 2.24) is 14.3 Å². The molecule has 1 aromatic rings. The highest BCUT2D eigenvalue weighted by Crippen LogP contribution is 2.27. The number of pyridine rings is 1. The Morgan fingerprint density at radius 3 is 2.58 bits per heavy atom. The SMILES string of the molecule is COC(=O)c1cn(C(C)(C)CO)cc2c(=O)n(-c3ccccc3C)nc1-2. The van der Waals surface area contributed by atoms with Crippen molar-refractivity contribution in [3.05, 3.63) is 58.1 Å². The van der Waals surface area contributed by atoms with E-state index in [9.17, 15) is 14.7 Å². The van der Waals surface area contributed by atoms with Crippen molar-refractivity contribution in [3.8, 4) is 16.9 Å². The second-order valence-corrected chi connectivity index (χ2v) is 6.81. The lowest BCUT2D eigenvalue weighted by Crippen LogP contribution is -2.31. The van der Waals surface area contributed by atoms with Crippen LogP contribution in [-0.4, -0.2) is 39.1 Å². The van der Waals surface area contributed by atoms with Gasteiger partial charge in [0.15, 0.2) is 0 Å². The lowest BCUT2D eigenvalue weighted by atomic mass is 10.0. The Balaban J connectivity index is 2.36. The standard InChI is InChI=1S/C19H21N3O4/c1-12-7-5-6-8-15(12)22-17(24)13-9-21(19(2,3)11-23)10-14(16(13)20-22)18(25)26-4/h5-10,23H,11H2,1-4H3. The number of nitrogens with zero attached hydrogens (tertiary/aromatic N) is 3. The molecule has 0 spiro atoms. The van der Waals surface area contributed by atoms with Crippen LogP contribution in [0.5, 0.6) is 0 Å². The third kappa shape index (κ3) is 2.80. The molecule has 2 heterocycles. The molecule has 0 atom stereocenters. The normalized spacial score (nSPS) is 11.7. The molecule has 7 heteroatoms. The zero-order chi connectivity index (χ0) is 19.1. The molecule has 0 aliphatic carbocycles. The Kier molecular flexibility index (Phi) is 4.41. The number of benzene rings is 1. The van der Waals surface area contributed by atoms with E-state index in [4.69, 9.17) is 4.74 Å². The van der Waals surface area contributed by atoms with Crippen LogP contribution >= 0.6 is 0 Å². The zero-order valence-electron chi connectivity index (χ0n) is 15.2. The molecule has 2 aliphatic rings. The van der Waals surface area contributed by atoms with Crippen LogP contribution in [0.25, 0.3) is 16.9 Å². The van der Waals surface area contributed by atoms with Crippen LogP contribution < -0.4 is 5.56 Å². The molecule has 0 unspecified atom stereocenters. The minimum absolute atomic E-state index is 0.163. The molecule has 1 N–H and O–H groups in total. The molecule has 7 nitrogen and oxygen atoms in total. The molecule has 136 valence electrons. The van der Waals surface area contributed by atoms with Crippen molar-refractivity contribution in [2.75, 3.05) is 13.7 Å². The van der Waals surface area contributed by atoms with Gasteiger partial charge in [-0.25, -0.2) is 4.79 Å². The first-order valence-corrected chi connectivity index (χ1v) is 8.21. The smallest absolute Gasteiger partial charge is 0.341 e. The van der Waals surface area contributed by atoms with Gasteiger partial charge < -0.3 is 14.4 Å². The van der Waals surface area contributed by atoms with E-state index in [1.165, 1.54) is 11.8 Å². The van der Waals surface area contributed by atoms with Crippen molar-refractivity contribution in [3.63, 3.8) is 0 Å². The maximum absolute atomic E-state index is 13.0. The third-order valence-corrected chi connectivity index (χ3v) is 4.50. The van der Waals surface area contributed by atoms with Gasteiger partial charge in [0.2, 0.25) is 0 Å². The fourth-order valence-electron chi connectivity index (χ4n) is 2.76. The number of aryl methyl sites for hydroxylation is 1. The number of hydrogen-bond acceptors (Lipinski definition) is 5. The monoisotopic (exact) mass is 355 g/mol. The minimum Gasteiger partial charge on any atom is -0.465 e. The largest absolute Gasteiger partial charge is 0.465 e. The summed E-state index contributed by atoms with van der Waals surface area (Å²) >= 11 is 0. The first-order valence-electron chi connectivity index (χ1n) is 8.21. The van der Waals surface area contributed by atoms with Gasteiger partial charge in [0, 0.05) is 12.4 Å². The number of hydrogen-bond donors (Lipinski definition) is 1. The summed E-state index contributed by atoms with van der Waals surface area (Å²) in [5, 5.41) is 14.0. The van der Waals surface area contributed by atoms with E-state index in [2.05, 4.69) is 5.10 Å². The quantitative estimate of drug-likeness (QED) is 0.723. The van der Waals surface area contributed by atoms with Gasteiger partial charge in [0.25, 0.3) is 5.56 Å². The lowest BCUT2D eigenvalue weighted by molar-refractivity contribution is 0.0599. The molecule has 0 saturated carbocycles. The van der Waals surface area contributed by atoms with E-state index in [-0.39, 0.29) is 29.0 Å². The minimum atomic E-state index is -0.700. The molecule has 26 heavy (non-hydrogen) atoms. The first-order chi connectivity index (χ1) is 12.3. The third-order valence-electron chi connectivity index (χ3n) is 4.50. The average Bonchev–Trinajstić information content (AvgIpc) is 2.97. The maximum atomic E-state index is 13.0. The van der Waals surface area contributed by atoms with Gasteiger partial charge in [-0.2, -0.15) is 9.78 Å². The van der Waals surface area contributed by atoms with Gasteiger partial charge in [0.05, 0.1) is 30.5 Å². The van der Waals surface area contributed by atoms with Gasteiger partial charge in [-0.3, -0.25) is 4.79 Å². The fourth-order valence-corrected chi connectivity index (χ4v) is 2.76. The predicted octanol–water partition coefficient (Wildman–Crippen LogP) is 1.96. The highest BCUT2D eigenvalue weighted by atomic mass is 16.5. The highest BCUT2D eigenvalue weighted by Gasteiger charge is 2.28. The van der Waals surface area contributed by atoms with Crippen LogP contribution in [0, 0.1) is 6.92 Å². The van der Waals surface area contributed by atoms with Crippen LogP contribution in [-0.2, 0) is 10.3 Å². The summed E-state index contributed by atoms with van der Waals surface area (Å²) in [7, 11) is 1.28. The van der Waals surface area contributed by atoms with Gasteiger partial charge >= 0.3 is 5.97 Å². The van der Waals surface area contributed by atoms with E-state index < -0.39 is 11.5 Å². The van der Waals surface area contributed by atoms with E-state index in [1.54, 1.807) is 36.9 Å². The molecular formula is C19H21N3O4. The van der Waals surface area contributed by atoms with E-state index >= 15 is 0 Å². The van der Waals surface area contributed by atoms with Crippen molar-refractivity contribution >= 4 is 5.97 Å². The van der Waals surface area contributed by atoms with Crippen molar-refractivity contribution in [1.29, 1.82) is 0 Å². The number of fused-ring (bicyclic) bond motifs is 1. The van der Waals surface area contributed by atoms with Crippen LogP contribution in [0.4, 0.5) is 0 Å². The zero-order valence-corrected chi connectivity index (χ0v) is 15.2. The molecule has 1 aromatic carbocycles. The van der Waals surface area contributed by atoms with E-state index in [1.807, 2.05) is 25.1 Å². The Bertz CT molecular complexity index is 1000. The lowest BCUT2D eigenvalue weighted by Gasteiger charge is -2.27. The van der Waals surface area contributed by atoms with Crippen molar-refractivity contribution in [2.45, 2.75) is 26.3 Å². The molecule has 0 radical (unpaired) electrons. The number of esters is 1. The van der Waals surface area contributed by atoms with E-state index in [0.717, 1.165) is 5.56 Å². The number of ether oxygens (including phenoxy) is 1. The molecule has 0 amide bonds. The molecule has 3 rings (SSSR count). The molecule has 0 fully saturated rings. The van der Waals surface area contributed by atoms with Crippen LogP contribution in [0.15, 0.2) is 41.5 Å². The molecule has 0 saturated heterocycles. The van der Waals surface area contributed by atoms with Gasteiger partial charge in [-0.1, -0.05) is 18.2 Å². The van der Waals surface area contributed by atoms with Gasteiger partial charge in [0.1, 0.15) is 11.3 Å². The van der Waals surface area contributed by atoms with Gasteiger partial charge in [-0.05, 0) is 32.4 Å². The number of aromatic nitrogens is 3. The Morgan fingerprint density at radius 2 is 1.96 bits per heavy atom. The van der Waals surface area contributed by atoms with Crippen molar-refractivity contribution < 1.29 is 14.6 Å². The molecule has 0 bridgehead atoms. The Morgan fingerprint density at radius 1 is 1.27 bits per heavy atom. The van der Waals surface area contributed by atoms with Crippen molar-refractivity contribution in [2.24, 2.45) is 0 Å². The van der Waals surface area contributed by atoms with E-state index in [0.29, 0.717) is 5.69 Å². The second-order valence-electron chi connectivity index (χ2n) is 6.81. The Labute approximate surface area is 150 Å². The number of aliphatic hydroxyl groups excluding tert-OH is 1. The highest BCUT2D eigenvalue weighted by molar-refractivity contribution is 5.96. The first kappa shape index (κ1) is 17.9. The fraction of sp³-hybridized carbons (Fsp3) is 0.316. The molecular weight excluding hydrogens is 334 g/mol. The summed E-state index contributed by atoms with van der Waals surface area (Å²) < 4.78 is 7.80. The summed E-state index contributed by atoms with van der Waals surface area (Å²) in [5.41, 5.74) is 1.25. The molecule has 2 aliphatic heterocycles. The summed E-state index contributed by atoms with van der Waals surface area (Å²) in [6, 6.07) is 7.39. The summed E-state index contributed by atoms with van der Waals surface area (Å²) in [6.45, 7) is 5.33. The second kappa shape index (κ2) is 6.42. The topological polar surface area (TPSA) is 86.4 Å². The molecule has 0 aromatic heterocycles. The van der Waals surface area contributed by atoms with Crippen LogP contribution in [0.2, 0.25) is 0 Å². The van der Waals surface area contributed by atoms with Crippen LogP contribution in [0.1, 0.15) is 29.8 Å². The van der Waals surface area contributed by atoms with Gasteiger partial charge in [-0.15, -0.1) is 0 Å². The number of methoxy groups -OCH3 is 1. The summed E-state index contributed by atoms with van der Waals surface area (Å²) in [4.78, 5) is 25.3.